The summed E-state index contributed by atoms with van der Waals surface area (Å²) in [6.45, 7) is 3.64. The molecule has 20 heavy (non-hydrogen) atoms. The molecule has 0 bridgehead atoms. The first-order chi connectivity index (χ1) is 9.78. The molecule has 2 rings (SSSR count). The highest BCUT2D eigenvalue weighted by Gasteiger charge is 2.04. The number of hydrogen-bond donors (Lipinski definition) is 2. The van der Waals surface area contributed by atoms with Gasteiger partial charge in [0.2, 0.25) is 17.2 Å². The van der Waals surface area contributed by atoms with E-state index in [0.29, 0.717) is 11.9 Å². The van der Waals surface area contributed by atoms with E-state index in [1.807, 2.05) is 18.2 Å². The predicted octanol–water partition coefficient (Wildman–Crippen LogP) is 3.00. The van der Waals surface area contributed by atoms with Crippen molar-refractivity contribution in [3.8, 4) is 0 Å². The highest BCUT2D eigenvalue weighted by atomic mass is 35.5. The van der Waals surface area contributed by atoms with Crippen molar-refractivity contribution >= 4 is 23.5 Å². The van der Waals surface area contributed by atoms with Gasteiger partial charge in [-0.05, 0) is 30.0 Å². The molecule has 0 spiro atoms. The summed E-state index contributed by atoms with van der Waals surface area (Å²) >= 11 is 5.88. The van der Waals surface area contributed by atoms with Gasteiger partial charge in [-0.25, -0.2) is 0 Å². The van der Waals surface area contributed by atoms with Crippen molar-refractivity contribution in [1.82, 2.24) is 15.0 Å². The van der Waals surface area contributed by atoms with Crippen LogP contribution in [0.5, 0.6) is 0 Å². The Bertz CT molecular complexity index is 532. The molecule has 1 aromatic carbocycles. The van der Waals surface area contributed by atoms with E-state index in [4.69, 9.17) is 11.6 Å². The molecule has 106 valence electrons. The van der Waals surface area contributed by atoms with Crippen molar-refractivity contribution < 1.29 is 0 Å². The van der Waals surface area contributed by atoms with Gasteiger partial charge < -0.3 is 10.6 Å². The summed E-state index contributed by atoms with van der Waals surface area (Å²) in [5.41, 5.74) is 1.27. The van der Waals surface area contributed by atoms with Crippen molar-refractivity contribution in [1.29, 1.82) is 0 Å². The Morgan fingerprint density at radius 2 is 1.60 bits per heavy atom. The van der Waals surface area contributed by atoms with Crippen molar-refractivity contribution in [2.45, 2.75) is 19.8 Å². The van der Waals surface area contributed by atoms with Crippen LogP contribution in [0.25, 0.3) is 0 Å². The molecular formula is C14H18ClN5. The fourth-order valence-electron chi connectivity index (χ4n) is 1.71. The van der Waals surface area contributed by atoms with Crippen molar-refractivity contribution in [3.63, 3.8) is 0 Å². The van der Waals surface area contributed by atoms with Crippen LogP contribution in [0, 0.1) is 0 Å². The molecule has 2 aromatic rings. The van der Waals surface area contributed by atoms with Crippen LogP contribution in [0.4, 0.5) is 11.9 Å². The lowest BCUT2D eigenvalue weighted by Gasteiger charge is -2.07. The normalized spacial score (nSPS) is 10.3. The van der Waals surface area contributed by atoms with E-state index in [1.54, 1.807) is 0 Å². The molecule has 1 aromatic heterocycles. The van der Waals surface area contributed by atoms with Gasteiger partial charge in [0.15, 0.2) is 0 Å². The smallest absolute Gasteiger partial charge is 0.228 e. The number of halogens is 1. The summed E-state index contributed by atoms with van der Waals surface area (Å²) in [6, 6.07) is 10.3. The van der Waals surface area contributed by atoms with Gasteiger partial charge >= 0.3 is 0 Å². The van der Waals surface area contributed by atoms with Gasteiger partial charge in [-0.2, -0.15) is 15.0 Å². The van der Waals surface area contributed by atoms with Gasteiger partial charge in [-0.15, -0.1) is 0 Å². The molecule has 0 aliphatic carbocycles. The van der Waals surface area contributed by atoms with Gasteiger partial charge in [0, 0.05) is 13.1 Å². The second-order valence-corrected chi connectivity index (χ2v) is 4.68. The number of hydrogen-bond acceptors (Lipinski definition) is 5. The molecule has 0 fully saturated rings. The van der Waals surface area contributed by atoms with Crippen molar-refractivity contribution in [2.24, 2.45) is 0 Å². The number of aromatic nitrogens is 3. The Hall–Kier alpha value is -1.88. The Kier molecular flexibility index (Phi) is 5.55. The first-order valence-electron chi connectivity index (χ1n) is 6.71. The summed E-state index contributed by atoms with van der Waals surface area (Å²) in [6.07, 6.45) is 1.90. The maximum Gasteiger partial charge on any atom is 0.228 e. The number of rotatable bonds is 7. The number of nitrogens with zero attached hydrogens (tertiary/aromatic N) is 3. The fourth-order valence-corrected chi connectivity index (χ4v) is 1.87. The Labute approximate surface area is 123 Å². The van der Waals surface area contributed by atoms with E-state index in [-0.39, 0.29) is 5.28 Å². The summed E-state index contributed by atoms with van der Waals surface area (Å²) in [7, 11) is 0. The molecule has 0 saturated carbocycles. The molecule has 0 radical (unpaired) electrons. The summed E-state index contributed by atoms with van der Waals surface area (Å²) in [5.74, 6) is 1.01. The molecular weight excluding hydrogens is 274 g/mol. The molecule has 0 unspecified atom stereocenters. The van der Waals surface area contributed by atoms with Crippen LogP contribution in [0.1, 0.15) is 18.9 Å². The van der Waals surface area contributed by atoms with Crippen molar-refractivity contribution in [3.05, 3.63) is 41.2 Å². The second-order valence-electron chi connectivity index (χ2n) is 4.34. The Balaban J connectivity index is 1.90. The maximum atomic E-state index is 5.88. The van der Waals surface area contributed by atoms with E-state index in [1.165, 1.54) is 5.56 Å². The third-order valence-corrected chi connectivity index (χ3v) is 2.85. The zero-order valence-electron chi connectivity index (χ0n) is 11.4. The van der Waals surface area contributed by atoms with Crippen LogP contribution in [0.2, 0.25) is 5.28 Å². The van der Waals surface area contributed by atoms with E-state index in [2.05, 4.69) is 44.6 Å². The third-order valence-electron chi connectivity index (χ3n) is 2.68. The quantitative estimate of drug-likeness (QED) is 0.821. The van der Waals surface area contributed by atoms with Gasteiger partial charge in [-0.3, -0.25) is 0 Å². The lowest BCUT2D eigenvalue weighted by atomic mass is 10.1. The van der Waals surface area contributed by atoms with Crippen LogP contribution in [-0.2, 0) is 6.42 Å². The molecule has 6 heteroatoms. The maximum absolute atomic E-state index is 5.88. The van der Waals surface area contributed by atoms with Gasteiger partial charge in [0.05, 0.1) is 0 Å². The first kappa shape index (κ1) is 14.5. The first-order valence-corrected chi connectivity index (χ1v) is 7.09. The zero-order valence-corrected chi connectivity index (χ0v) is 12.2. The minimum Gasteiger partial charge on any atom is -0.354 e. The van der Waals surface area contributed by atoms with Gasteiger partial charge in [0.1, 0.15) is 0 Å². The predicted molar refractivity (Wildman–Crippen MR) is 82.3 cm³/mol. The van der Waals surface area contributed by atoms with Crippen LogP contribution in [0.15, 0.2) is 30.3 Å². The lowest BCUT2D eigenvalue weighted by Crippen LogP contribution is -2.11. The molecule has 0 aliphatic heterocycles. The number of anilines is 2. The SMILES string of the molecule is CCCNc1nc(Cl)nc(NCCc2ccccc2)n1. The Morgan fingerprint density at radius 1 is 0.950 bits per heavy atom. The molecule has 0 atom stereocenters. The zero-order chi connectivity index (χ0) is 14.2. The molecule has 0 aliphatic rings. The van der Waals surface area contributed by atoms with Crippen LogP contribution >= 0.6 is 11.6 Å². The summed E-state index contributed by atoms with van der Waals surface area (Å²) in [4.78, 5) is 12.4. The highest BCUT2D eigenvalue weighted by Crippen LogP contribution is 2.09. The molecule has 2 N–H and O–H groups in total. The molecule has 0 saturated heterocycles. The van der Waals surface area contributed by atoms with E-state index < -0.39 is 0 Å². The monoisotopic (exact) mass is 291 g/mol. The summed E-state index contributed by atoms with van der Waals surface area (Å²) in [5, 5.41) is 6.46. The third kappa shape index (κ3) is 4.66. The minimum atomic E-state index is 0.195. The van der Waals surface area contributed by atoms with Gasteiger partial charge in [0.25, 0.3) is 0 Å². The number of benzene rings is 1. The van der Waals surface area contributed by atoms with E-state index in [0.717, 1.165) is 25.9 Å². The van der Waals surface area contributed by atoms with Crippen LogP contribution in [0.3, 0.4) is 0 Å². The van der Waals surface area contributed by atoms with Crippen LogP contribution in [-0.4, -0.2) is 28.0 Å². The fraction of sp³-hybridized carbons (Fsp3) is 0.357. The molecule has 0 amide bonds. The molecule has 1 heterocycles. The largest absolute Gasteiger partial charge is 0.354 e. The van der Waals surface area contributed by atoms with E-state index in [9.17, 15) is 0 Å². The van der Waals surface area contributed by atoms with Crippen molar-refractivity contribution in [2.75, 3.05) is 23.7 Å². The summed E-state index contributed by atoms with van der Waals surface area (Å²) < 4.78 is 0. The second kappa shape index (κ2) is 7.65. The highest BCUT2D eigenvalue weighted by molar-refractivity contribution is 6.28. The van der Waals surface area contributed by atoms with Crippen LogP contribution < -0.4 is 10.6 Å². The lowest BCUT2D eigenvalue weighted by molar-refractivity contribution is 0.925. The Morgan fingerprint density at radius 3 is 2.25 bits per heavy atom. The van der Waals surface area contributed by atoms with E-state index >= 15 is 0 Å². The standard InChI is InChI=1S/C14H18ClN5/c1-2-9-16-13-18-12(15)19-14(20-13)17-10-8-11-6-4-3-5-7-11/h3-7H,2,8-10H2,1H3,(H2,16,17,18,19,20). The average molecular weight is 292 g/mol. The average Bonchev–Trinajstić information content (AvgIpc) is 2.46. The van der Waals surface area contributed by atoms with Gasteiger partial charge in [-0.1, -0.05) is 37.3 Å². The molecule has 5 nitrogen and oxygen atoms in total. The minimum absolute atomic E-state index is 0.195. The number of nitrogens with one attached hydrogen (secondary N) is 2. The topological polar surface area (TPSA) is 62.7 Å².